The lowest BCUT2D eigenvalue weighted by Crippen LogP contribution is -2.49. The molecule has 2 aromatic heterocycles. The molecule has 3 heterocycles. The van der Waals surface area contributed by atoms with Crippen LogP contribution in [0.5, 0.6) is 0 Å². The van der Waals surface area contributed by atoms with Gasteiger partial charge in [0.05, 0.1) is 6.04 Å². The number of hydrogen-bond donors (Lipinski definition) is 0. The number of aromatic nitrogens is 3. The normalized spacial score (nSPS) is 19.0. The fourth-order valence-corrected chi connectivity index (χ4v) is 3.02. The van der Waals surface area contributed by atoms with E-state index in [2.05, 4.69) is 21.9 Å². The molecule has 1 aliphatic rings. The van der Waals surface area contributed by atoms with E-state index in [4.69, 9.17) is 0 Å². The number of amides is 1. The van der Waals surface area contributed by atoms with Gasteiger partial charge in [-0.05, 0) is 25.6 Å². The molecule has 23 heavy (non-hydrogen) atoms. The van der Waals surface area contributed by atoms with Crippen LogP contribution in [-0.2, 0) is 18.3 Å². The van der Waals surface area contributed by atoms with Gasteiger partial charge in [-0.1, -0.05) is 6.07 Å². The second-order valence-corrected chi connectivity index (χ2v) is 6.05. The zero-order chi connectivity index (χ0) is 16.2. The van der Waals surface area contributed by atoms with Crippen molar-refractivity contribution in [3.8, 4) is 0 Å². The van der Waals surface area contributed by atoms with E-state index in [1.165, 1.54) is 0 Å². The maximum Gasteiger partial charge on any atom is 0.223 e. The second kappa shape index (κ2) is 6.91. The van der Waals surface area contributed by atoms with Crippen molar-refractivity contribution in [3.63, 3.8) is 0 Å². The molecule has 0 saturated carbocycles. The highest BCUT2D eigenvalue weighted by atomic mass is 16.2. The van der Waals surface area contributed by atoms with Gasteiger partial charge in [0.2, 0.25) is 5.91 Å². The Morgan fingerprint density at radius 3 is 2.78 bits per heavy atom. The van der Waals surface area contributed by atoms with Crippen molar-refractivity contribution >= 4 is 5.91 Å². The molecule has 3 rings (SSSR count). The zero-order valence-corrected chi connectivity index (χ0v) is 13.7. The fourth-order valence-electron chi connectivity index (χ4n) is 3.02. The molecule has 0 radical (unpaired) electrons. The van der Waals surface area contributed by atoms with E-state index < -0.39 is 0 Å². The molecule has 1 fully saturated rings. The van der Waals surface area contributed by atoms with E-state index in [9.17, 15) is 4.79 Å². The molecular formula is C17H23N5O. The monoisotopic (exact) mass is 313 g/mol. The van der Waals surface area contributed by atoms with Crippen molar-refractivity contribution in [1.29, 1.82) is 0 Å². The Hall–Kier alpha value is -2.21. The van der Waals surface area contributed by atoms with E-state index in [-0.39, 0.29) is 11.9 Å². The maximum atomic E-state index is 12.5. The average molecular weight is 313 g/mol. The molecule has 1 atom stereocenters. The number of piperazine rings is 1. The highest BCUT2D eigenvalue weighted by Gasteiger charge is 2.30. The molecule has 6 nitrogen and oxygen atoms in total. The molecule has 122 valence electrons. The Bertz CT molecular complexity index is 654. The van der Waals surface area contributed by atoms with Gasteiger partial charge in [-0.15, -0.1) is 0 Å². The summed E-state index contributed by atoms with van der Waals surface area (Å²) in [4.78, 5) is 25.5. The summed E-state index contributed by atoms with van der Waals surface area (Å²) in [5.74, 6) is 1.21. The first-order valence-corrected chi connectivity index (χ1v) is 8.00. The van der Waals surface area contributed by atoms with Crippen molar-refractivity contribution in [3.05, 3.63) is 48.3 Å². The second-order valence-electron chi connectivity index (χ2n) is 6.05. The minimum absolute atomic E-state index is 0.155. The van der Waals surface area contributed by atoms with E-state index >= 15 is 0 Å². The molecule has 0 bridgehead atoms. The van der Waals surface area contributed by atoms with Gasteiger partial charge in [0.1, 0.15) is 5.82 Å². The third kappa shape index (κ3) is 3.59. The van der Waals surface area contributed by atoms with Gasteiger partial charge < -0.3 is 9.47 Å². The molecule has 0 aliphatic carbocycles. The summed E-state index contributed by atoms with van der Waals surface area (Å²) in [6, 6.07) is 5.97. The van der Waals surface area contributed by atoms with Crippen LogP contribution in [0.2, 0.25) is 0 Å². The van der Waals surface area contributed by atoms with Gasteiger partial charge in [0.25, 0.3) is 0 Å². The van der Waals surface area contributed by atoms with Crippen molar-refractivity contribution < 1.29 is 4.79 Å². The first kappa shape index (κ1) is 15.7. The summed E-state index contributed by atoms with van der Waals surface area (Å²) in [6.45, 7) is 2.34. The Morgan fingerprint density at radius 2 is 2.09 bits per heavy atom. The van der Waals surface area contributed by atoms with Crippen molar-refractivity contribution in [2.24, 2.45) is 7.05 Å². The largest absolute Gasteiger partial charge is 0.339 e. The van der Waals surface area contributed by atoms with Gasteiger partial charge in [0.15, 0.2) is 0 Å². The Balaban J connectivity index is 1.62. The molecule has 1 aliphatic heterocycles. The predicted molar refractivity (Wildman–Crippen MR) is 87.7 cm³/mol. The topological polar surface area (TPSA) is 54.3 Å². The number of nitrogens with zero attached hydrogens (tertiary/aromatic N) is 5. The number of rotatable bonds is 4. The van der Waals surface area contributed by atoms with Crippen LogP contribution in [0.25, 0.3) is 0 Å². The third-order valence-corrected chi connectivity index (χ3v) is 4.48. The number of pyridine rings is 1. The van der Waals surface area contributed by atoms with Crippen LogP contribution in [0.3, 0.4) is 0 Å². The number of aryl methyl sites for hydroxylation is 2. The standard InChI is InChI=1S/C17H23N5O/c1-20-11-12-22(13-15(20)17-19-9-10-21(17)2)16(23)7-6-14-5-3-4-8-18-14/h3-5,8-10,15H,6-7,11-13H2,1-2H3/t15-/m1/s1. The molecule has 0 spiro atoms. The smallest absolute Gasteiger partial charge is 0.223 e. The van der Waals surface area contributed by atoms with Gasteiger partial charge in [-0.2, -0.15) is 0 Å². The van der Waals surface area contributed by atoms with E-state index in [0.29, 0.717) is 19.4 Å². The number of carbonyl (C=O) groups is 1. The summed E-state index contributed by atoms with van der Waals surface area (Å²) < 4.78 is 2.03. The van der Waals surface area contributed by atoms with Crippen LogP contribution in [-0.4, -0.2) is 56.9 Å². The zero-order valence-electron chi connectivity index (χ0n) is 13.7. The van der Waals surface area contributed by atoms with Gasteiger partial charge in [-0.25, -0.2) is 4.98 Å². The van der Waals surface area contributed by atoms with Crippen LogP contribution in [0.1, 0.15) is 24.0 Å². The third-order valence-electron chi connectivity index (χ3n) is 4.48. The molecule has 6 heteroatoms. The fraction of sp³-hybridized carbons (Fsp3) is 0.471. The first-order valence-electron chi connectivity index (χ1n) is 8.00. The van der Waals surface area contributed by atoms with Crippen LogP contribution in [0, 0.1) is 0 Å². The lowest BCUT2D eigenvalue weighted by Gasteiger charge is -2.39. The van der Waals surface area contributed by atoms with Crippen LogP contribution in [0.15, 0.2) is 36.8 Å². The predicted octanol–water partition coefficient (Wildman–Crippen LogP) is 1.26. The SMILES string of the molecule is CN1CCN(C(=O)CCc2ccccn2)C[C@@H]1c1nccn1C. The summed E-state index contributed by atoms with van der Waals surface area (Å²) in [5.41, 5.74) is 0.968. The Labute approximate surface area is 136 Å². The molecule has 1 amide bonds. The summed E-state index contributed by atoms with van der Waals surface area (Å²) in [6.07, 6.45) is 6.73. The van der Waals surface area contributed by atoms with Crippen molar-refractivity contribution in [1.82, 2.24) is 24.3 Å². The minimum Gasteiger partial charge on any atom is -0.339 e. The van der Waals surface area contributed by atoms with E-state index in [1.807, 2.05) is 47.1 Å². The summed E-state index contributed by atoms with van der Waals surface area (Å²) in [5, 5.41) is 0. The minimum atomic E-state index is 0.155. The van der Waals surface area contributed by atoms with Gasteiger partial charge in [0, 0.05) is 57.4 Å². The molecule has 0 N–H and O–H groups in total. The number of imidazole rings is 1. The molecule has 0 aromatic carbocycles. The van der Waals surface area contributed by atoms with Gasteiger partial charge >= 0.3 is 0 Å². The maximum absolute atomic E-state index is 12.5. The number of likely N-dealkylation sites (N-methyl/N-ethyl adjacent to an activating group) is 1. The van der Waals surface area contributed by atoms with Crippen LogP contribution >= 0.6 is 0 Å². The molecular weight excluding hydrogens is 290 g/mol. The summed E-state index contributed by atoms with van der Waals surface area (Å²) in [7, 11) is 4.09. The van der Waals surface area contributed by atoms with Crippen LogP contribution < -0.4 is 0 Å². The van der Waals surface area contributed by atoms with Gasteiger partial charge in [-0.3, -0.25) is 14.7 Å². The number of hydrogen-bond acceptors (Lipinski definition) is 4. The lowest BCUT2D eigenvalue weighted by atomic mass is 10.1. The quantitative estimate of drug-likeness (QED) is 0.853. The van der Waals surface area contributed by atoms with E-state index in [0.717, 1.165) is 24.6 Å². The Morgan fingerprint density at radius 1 is 1.22 bits per heavy atom. The molecule has 0 unspecified atom stereocenters. The van der Waals surface area contributed by atoms with E-state index in [1.54, 1.807) is 6.20 Å². The Kier molecular flexibility index (Phi) is 4.71. The van der Waals surface area contributed by atoms with Crippen molar-refractivity contribution in [2.75, 3.05) is 26.7 Å². The molecule has 2 aromatic rings. The highest BCUT2D eigenvalue weighted by molar-refractivity contribution is 5.76. The highest BCUT2D eigenvalue weighted by Crippen LogP contribution is 2.22. The average Bonchev–Trinajstić information content (AvgIpc) is 3.00. The molecule has 1 saturated heterocycles. The summed E-state index contributed by atoms with van der Waals surface area (Å²) >= 11 is 0. The lowest BCUT2D eigenvalue weighted by molar-refractivity contribution is -0.134. The van der Waals surface area contributed by atoms with Crippen molar-refractivity contribution in [2.45, 2.75) is 18.9 Å². The first-order chi connectivity index (χ1) is 11.1. The number of carbonyl (C=O) groups excluding carboxylic acids is 1. The van der Waals surface area contributed by atoms with Crippen LogP contribution in [0.4, 0.5) is 0 Å².